The largest absolute Gasteiger partial charge is 0.294 e. The van der Waals surface area contributed by atoms with Crippen molar-refractivity contribution in [3.05, 3.63) is 46.5 Å². The normalized spacial score (nSPS) is 10.7. The predicted octanol–water partition coefficient (Wildman–Crippen LogP) is 3.57. The fourth-order valence-electron chi connectivity index (χ4n) is 1.77. The Labute approximate surface area is 109 Å². The lowest BCUT2D eigenvalue weighted by atomic mass is 10.1. The van der Waals surface area contributed by atoms with E-state index in [1.807, 2.05) is 0 Å². The van der Waals surface area contributed by atoms with Gasteiger partial charge < -0.3 is 0 Å². The zero-order chi connectivity index (χ0) is 13.3. The van der Waals surface area contributed by atoms with E-state index in [9.17, 15) is 9.18 Å². The first-order valence-corrected chi connectivity index (χ1v) is 5.96. The molecule has 0 radical (unpaired) electrons. The third-order valence-electron chi connectivity index (χ3n) is 2.79. The number of hydrogen-bond donors (Lipinski definition) is 0. The molecule has 0 fully saturated rings. The number of benzene rings is 1. The van der Waals surface area contributed by atoms with Crippen molar-refractivity contribution >= 4 is 17.4 Å². The van der Waals surface area contributed by atoms with Crippen LogP contribution in [-0.4, -0.2) is 15.6 Å². The molecule has 0 aliphatic rings. The molecule has 3 nitrogen and oxygen atoms in total. The average Bonchev–Trinajstić information content (AvgIpc) is 2.74. The van der Waals surface area contributed by atoms with Crippen LogP contribution >= 0.6 is 11.6 Å². The molecule has 0 N–H and O–H groups in total. The summed E-state index contributed by atoms with van der Waals surface area (Å²) in [6.07, 6.45) is 1.85. The minimum atomic E-state index is -0.541. The number of carbonyl (C=O) groups excluding carboxylic acids is 1. The molecule has 0 saturated carbocycles. The molecule has 0 saturated heterocycles. The van der Waals surface area contributed by atoms with E-state index < -0.39 is 5.82 Å². The van der Waals surface area contributed by atoms with Gasteiger partial charge in [0.05, 0.1) is 22.5 Å². The Hall–Kier alpha value is -1.68. The standard InChI is InChI=1S/C13H12ClFN2O/c1-3-12(18)9-7-16-17(8(9)2)11-6-4-5-10(14)13(11)15/h4-7H,3H2,1-2H3. The smallest absolute Gasteiger partial charge is 0.167 e. The Morgan fingerprint density at radius 3 is 2.89 bits per heavy atom. The lowest BCUT2D eigenvalue weighted by Crippen LogP contribution is -2.04. The second-order valence-corrected chi connectivity index (χ2v) is 4.31. The first-order valence-electron chi connectivity index (χ1n) is 5.58. The zero-order valence-electron chi connectivity index (χ0n) is 10.1. The fraction of sp³-hybridized carbons (Fsp3) is 0.231. The molecular formula is C13H12ClFN2O. The van der Waals surface area contributed by atoms with Gasteiger partial charge in [0.2, 0.25) is 0 Å². The maximum atomic E-state index is 13.9. The Balaban J connectivity index is 2.56. The summed E-state index contributed by atoms with van der Waals surface area (Å²) < 4.78 is 15.3. The highest BCUT2D eigenvalue weighted by Crippen LogP contribution is 2.23. The molecule has 1 aromatic carbocycles. The Morgan fingerprint density at radius 2 is 2.22 bits per heavy atom. The van der Waals surface area contributed by atoms with Crippen LogP contribution < -0.4 is 0 Å². The van der Waals surface area contributed by atoms with Crippen LogP contribution in [0.1, 0.15) is 29.4 Å². The number of hydrogen-bond acceptors (Lipinski definition) is 2. The van der Waals surface area contributed by atoms with Crippen molar-refractivity contribution in [2.75, 3.05) is 0 Å². The molecule has 2 rings (SSSR count). The Kier molecular flexibility index (Phi) is 3.48. The Morgan fingerprint density at radius 1 is 1.50 bits per heavy atom. The molecule has 94 valence electrons. The summed E-state index contributed by atoms with van der Waals surface area (Å²) in [5.74, 6) is -0.554. The van der Waals surface area contributed by atoms with Gasteiger partial charge in [-0.2, -0.15) is 5.10 Å². The van der Waals surface area contributed by atoms with Crippen LogP contribution in [0.3, 0.4) is 0 Å². The highest BCUT2D eigenvalue weighted by molar-refractivity contribution is 6.30. The molecule has 0 unspecified atom stereocenters. The summed E-state index contributed by atoms with van der Waals surface area (Å²) in [4.78, 5) is 11.7. The molecular weight excluding hydrogens is 255 g/mol. The van der Waals surface area contributed by atoms with Crippen LogP contribution in [0.25, 0.3) is 5.69 Å². The van der Waals surface area contributed by atoms with Crippen molar-refractivity contribution in [2.24, 2.45) is 0 Å². The van der Waals surface area contributed by atoms with Gasteiger partial charge in [0, 0.05) is 6.42 Å². The van der Waals surface area contributed by atoms with E-state index in [4.69, 9.17) is 11.6 Å². The van der Waals surface area contributed by atoms with E-state index in [1.165, 1.54) is 16.9 Å². The van der Waals surface area contributed by atoms with E-state index in [2.05, 4.69) is 5.10 Å². The summed E-state index contributed by atoms with van der Waals surface area (Å²) in [5.41, 5.74) is 1.37. The van der Waals surface area contributed by atoms with Crippen molar-refractivity contribution in [3.8, 4) is 5.69 Å². The van der Waals surface area contributed by atoms with Gasteiger partial charge in [-0.1, -0.05) is 24.6 Å². The number of ketones is 1. The van der Waals surface area contributed by atoms with Crippen LogP contribution in [-0.2, 0) is 0 Å². The van der Waals surface area contributed by atoms with E-state index in [-0.39, 0.29) is 16.5 Å². The van der Waals surface area contributed by atoms with E-state index >= 15 is 0 Å². The number of nitrogens with zero attached hydrogens (tertiary/aromatic N) is 2. The minimum Gasteiger partial charge on any atom is -0.294 e. The first kappa shape index (κ1) is 12.8. The SMILES string of the molecule is CCC(=O)c1cnn(-c2cccc(Cl)c2F)c1C. The molecule has 0 aliphatic carbocycles. The monoisotopic (exact) mass is 266 g/mol. The van der Waals surface area contributed by atoms with Crippen LogP contribution in [0.4, 0.5) is 4.39 Å². The van der Waals surface area contributed by atoms with Gasteiger partial charge in [0.1, 0.15) is 5.69 Å². The Bertz CT molecular complexity index is 607. The third kappa shape index (κ3) is 2.04. The topological polar surface area (TPSA) is 34.9 Å². The van der Waals surface area contributed by atoms with Crippen molar-refractivity contribution in [3.63, 3.8) is 0 Å². The van der Waals surface area contributed by atoms with Gasteiger partial charge in [-0.25, -0.2) is 9.07 Å². The van der Waals surface area contributed by atoms with Crippen LogP contribution in [0.5, 0.6) is 0 Å². The second-order valence-electron chi connectivity index (χ2n) is 3.91. The van der Waals surface area contributed by atoms with Crippen LogP contribution in [0.15, 0.2) is 24.4 Å². The van der Waals surface area contributed by atoms with Crippen LogP contribution in [0.2, 0.25) is 5.02 Å². The maximum absolute atomic E-state index is 13.9. The van der Waals surface area contributed by atoms with Gasteiger partial charge in [-0.15, -0.1) is 0 Å². The molecule has 0 bridgehead atoms. The lowest BCUT2D eigenvalue weighted by Gasteiger charge is -2.07. The number of rotatable bonds is 3. The van der Waals surface area contributed by atoms with Crippen molar-refractivity contribution in [1.29, 1.82) is 0 Å². The van der Waals surface area contributed by atoms with Gasteiger partial charge in [0.25, 0.3) is 0 Å². The lowest BCUT2D eigenvalue weighted by molar-refractivity contribution is 0.0987. The van der Waals surface area contributed by atoms with Gasteiger partial charge in [-0.05, 0) is 19.1 Å². The van der Waals surface area contributed by atoms with Gasteiger partial charge in [-0.3, -0.25) is 4.79 Å². The van der Waals surface area contributed by atoms with Crippen molar-refractivity contribution < 1.29 is 9.18 Å². The predicted molar refractivity (Wildman–Crippen MR) is 67.9 cm³/mol. The van der Waals surface area contributed by atoms with Crippen LogP contribution in [0, 0.1) is 12.7 Å². The second kappa shape index (κ2) is 4.90. The van der Waals surface area contributed by atoms with Crippen molar-refractivity contribution in [1.82, 2.24) is 9.78 Å². The summed E-state index contributed by atoms with van der Waals surface area (Å²) in [6.45, 7) is 3.51. The zero-order valence-corrected chi connectivity index (χ0v) is 10.8. The first-order chi connectivity index (χ1) is 8.56. The molecule has 0 atom stereocenters. The fourth-order valence-corrected chi connectivity index (χ4v) is 1.94. The van der Waals surface area contributed by atoms with Gasteiger partial charge >= 0.3 is 0 Å². The van der Waals surface area contributed by atoms with E-state index in [0.717, 1.165) is 0 Å². The molecule has 0 spiro atoms. The molecule has 0 amide bonds. The average molecular weight is 267 g/mol. The molecule has 0 aliphatic heterocycles. The number of halogens is 2. The highest BCUT2D eigenvalue weighted by atomic mass is 35.5. The van der Waals surface area contributed by atoms with Gasteiger partial charge in [0.15, 0.2) is 11.6 Å². The van der Waals surface area contributed by atoms with E-state index in [1.54, 1.807) is 26.0 Å². The molecule has 18 heavy (non-hydrogen) atoms. The summed E-state index contributed by atoms with van der Waals surface area (Å²) in [6, 6.07) is 4.68. The third-order valence-corrected chi connectivity index (χ3v) is 3.08. The molecule has 1 heterocycles. The number of carbonyl (C=O) groups is 1. The molecule has 1 aromatic heterocycles. The summed E-state index contributed by atoms with van der Waals surface area (Å²) >= 11 is 5.73. The highest BCUT2D eigenvalue weighted by Gasteiger charge is 2.16. The molecule has 5 heteroatoms. The van der Waals surface area contributed by atoms with Crippen molar-refractivity contribution in [2.45, 2.75) is 20.3 Å². The maximum Gasteiger partial charge on any atom is 0.167 e. The molecule has 2 aromatic rings. The number of aromatic nitrogens is 2. The summed E-state index contributed by atoms with van der Waals surface area (Å²) in [5, 5.41) is 4.09. The van der Waals surface area contributed by atoms with E-state index in [0.29, 0.717) is 17.7 Å². The minimum absolute atomic E-state index is 0.0128. The number of Topliss-reactive ketones (excluding diaryl/α,β-unsaturated/α-hetero) is 1. The summed E-state index contributed by atoms with van der Waals surface area (Å²) in [7, 11) is 0. The quantitative estimate of drug-likeness (QED) is 0.796.